The van der Waals surface area contributed by atoms with Crippen LogP contribution in [0.15, 0.2) is 0 Å². The van der Waals surface area contributed by atoms with Crippen LogP contribution in [0.1, 0.15) is 26.7 Å². The number of hydrogen-bond acceptors (Lipinski definition) is 2. The molecule has 0 spiro atoms. The van der Waals surface area contributed by atoms with Crippen LogP contribution in [0.4, 0.5) is 0 Å². The largest absolute Gasteiger partial charge is 0.387 e. The summed E-state index contributed by atoms with van der Waals surface area (Å²) in [6.45, 7) is 5.17. The number of aliphatic hydroxyl groups excluding tert-OH is 1. The van der Waals surface area contributed by atoms with Crippen molar-refractivity contribution in [2.45, 2.75) is 26.7 Å². The minimum Gasteiger partial charge on any atom is -0.387 e. The van der Waals surface area contributed by atoms with Crippen molar-refractivity contribution < 1.29 is 9.90 Å². The van der Waals surface area contributed by atoms with Gasteiger partial charge in [-0.3, -0.25) is 4.79 Å². The fraction of sp³-hybridized carbons (Fsp3) is 0.778. The number of likely N-dealkylation sites (tertiary alicyclic amines) is 1. The molecule has 0 aromatic heterocycles. The van der Waals surface area contributed by atoms with Crippen LogP contribution < -0.4 is 0 Å². The molecule has 0 aromatic rings. The SMILES string of the molecule is CC(C)C(=O)N1CC[C](O)CC1. The molecule has 3 nitrogen and oxygen atoms in total. The summed E-state index contributed by atoms with van der Waals surface area (Å²) in [6, 6.07) is 0. The molecule has 1 aliphatic heterocycles. The van der Waals surface area contributed by atoms with Gasteiger partial charge in [0, 0.05) is 19.0 Å². The highest BCUT2D eigenvalue weighted by atomic mass is 16.3. The van der Waals surface area contributed by atoms with Crippen molar-refractivity contribution in [1.82, 2.24) is 4.90 Å². The average molecular weight is 170 g/mol. The summed E-state index contributed by atoms with van der Waals surface area (Å²) in [5.74, 6) is 0.271. The molecule has 1 radical (unpaired) electrons. The summed E-state index contributed by atoms with van der Waals surface area (Å²) < 4.78 is 0. The van der Waals surface area contributed by atoms with Crippen LogP contribution in [0.2, 0.25) is 0 Å². The minimum absolute atomic E-state index is 0.0743. The number of piperidine rings is 1. The molecule has 1 fully saturated rings. The first-order valence-electron chi connectivity index (χ1n) is 4.43. The zero-order valence-corrected chi connectivity index (χ0v) is 7.71. The van der Waals surface area contributed by atoms with Gasteiger partial charge in [-0.2, -0.15) is 0 Å². The summed E-state index contributed by atoms with van der Waals surface area (Å²) in [5, 5.41) is 9.13. The van der Waals surface area contributed by atoms with E-state index in [1.807, 2.05) is 18.7 Å². The lowest BCUT2D eigenvalue weighted by atomic mass is 10.1. The number of aliphatic hydroxyl groups is 1. The first kappa shape index (κ1) is 9.52. The van der Waals surface area contributed by atoms with Crippen molar-refractivity contribution in [3.05, 3.63) is 6.10 Å². The zero-order valence-electron chi connectivity index (χ0n) is 7.71. The van der Waals surface area contributed by atoms with Gasteiger partial charge >= 0.3 is 0 Å². The molecule has 1 saturated heterocycles. The van der Waals surface area contributed by atoms with Crippen LogP contribution >= 0.6 is 0 Å². The lowest BCUT2D eigenvalue weighted by molar-refractivity contribution is -0.135. The fourth-order valence-corrected chi connectivity index (χ4v) is 1.35. The zero-order chi connectivity index (χ0) is 9.14. The second-order valence-corrected chi connectivity index (χ2v) is 3.55. The molecule has 1 rings (SSSR count). The molecule has 69 valence electrons. The van der Waals surface area contributed by atoms with Crippen LogP contribution in [0.5, 0.6) is 0 Å². The molecular weight excluding hydrogens is 154 g/mol. The van der Waals surface area contributed by atoms with Crippen LogP contribution in [-0.4, -0.2) is 29.0 Å². The highest BCUT2D eigenvalue weighted by Gasteiger charge is 2.23. The van der Waals surface area contributed by atoms with Gasteiger partial charge in [-0.05, 0) is 12.8 Å². The van der Waals surface area contributed by atoms with E-state index in [-0.39, 0.29) is 11.8 Å². The Kier molecular flexibility index (Phi) is 3.09. The van der Waals surface area contributed by atoms with Crippen LogP contribution in [0, 0.1) is 12.0 Å². The normalized spacial score (nSPS) is 20.2. The van der Waals surface area contributed by atoms with Crippen LogP contribution in [0.25, 0.3) is 0 Å². The smallest absolute Gasteiger partial charge is 0.225 e. The summed E-state index contributed by atoms with van der Waals surface area (Å²) in [4.78, 5) is 13.3. The molecule has 1 N–H and O–H groups in total. The Hall–Kier alpha value is -0.570. The molecule has 1 heterocycles. The average Bonchev–Trinajstić information content (AvgIpc) is 2.04. The predicted octanol–water partition coefficient (Wildman–Crippen LogP) is 1.17. The van der Waals surface area contributed by atoms with Gasteiger partial charge in [-0.25, -0.2) is 0 Å². The van der Waals surface area contributed by atoms with E-state index >= 15 is 0 Å². The molecule has 1 amide bonds. The van der Waals surface area contributed by atoms with Gasteiger partial charge in [-0.15, -0.1) is 0 Å². The van der Waals surface area contributed by atoms with E-state index in [0.717, 1.165) is 0 Å². The van der Waals surface area contributed by atoms with Crippen molar-refractivity contribution in [2.75, 3.05) is 13.1 Å². The molecule has 0 saturated carbocycles. The van der Waals surface area contributed by atoms with Crippen LogP contribution in [-0.2, 0) is 4.79 Å². The Morgan fingerprint density at radius 1 is 1.42 bits per heavy atom. The van der Waals surface area contributed by atoms with E-state index < -0.39 is 0 Å². The van der Waals surface area contributed by atoms with Crippen molar-refractivity contribution in [2.24, 2.45) is 5.92 Å². The highest BCUT2D eigenvalue weighted by Crippen LogP contribution is 2.17. The van der Waals surface area contributed by atoms with E-state index in [4.69, 9.17) is 5.11 Å². The fourth-order valence-electron chi connectivity index (χ4n) is 1.35. The number of rotatable bonds is 1. The second kappa shape index (κ2) is 3.90. The Labute approximate surface area is 73.4 Å². The third-order valence-electron chi connectivity index (χ3n) is 2.15. The first-order valence-corrected chi connectivity index (χ1v) is 4.43. The quantitative estimate of drug-likeness (QED) is 0.641. The van der Waals surface area contributed by atoms with Gasteiger partial charge in [0.15, 0.2) is 0 Å². The van der Waals surface area contributed by atoms with Gasteiger partial charge in [0.1, 0.15) is 0 Å². The van der Waals surface area contributed by atoms with Gasteiger partial charge in [0.05, 0.1) is 6.10 Å². The van der Waals surface area contributed by atoms with E-state index in [1.54, 1.807) is 0 Å². The molecule has 0 atom stereocenters. The monoisotopic (exact) mass is 170 g/mol. The maximum atomic E-state index is 11.4. The predicted molar refractivity (Wildman–Crippen MR) is 45.8 cm³/mol. The molecule has 1 aliphatic rings. The molecule has 0 aliphatic carbocycles. The Balaban J connectivity index is 2.39. The molecular formula is C9H16NO2. The lowest BCUT2D eigenvalue weighted by Gasteiger charge is -2.30. The number of hydrogen-bond donors (Lipinski definition) is 1. The van der Waals surface area contributed by atoms with E-state index in [0.29, 0.717) is 32.0 Å². The third kappa shape index (κ3) is 2.21. The maximum Gasteiger partial charge on any atom is 0.225 e. The molecule has 0 bridgehead atoms. The Morgan fingerprint density at radius 3 is 2.33 bits per heavy atom. The van der Waals surface area contributed by atoms with E-state index in [2.05, 4.69) is 0 Å². The summed E-state index contributed by atoms with van der Waals surface area (Å²) in [6.07, 6.45) is 1.83. The maximum absolute atomic E-state index is 11.4. The highest BCUT2D eigenvalue weighted by molar-refractivity contribution is 5.78. The van der Waals surface area contributed by atoms with Crippen LogP contribution in [0.3, 0.4) is 0 Å². The van der Waals surface area contributed by atoms with Gasteiger partial charge < -0.3 is 10.0 Å². The molecule has 0 aromatic carbocycles. The Bertz CT molecular complexity index is 160. The molecule has 3 heteroatoms. The minimum atomic E-state index is 0.0743. The van der Waals surface area contributed by atoms with Crippen molar-refractivity contribution >= 4 is 5.91 Å². The molecule has 0 unspecified atom stereocenters. The summed E-state index contributed by atoms with van der Waals surface area (Å²) in [7, 11) is 0. The molecule has 12 heavy (non-hydrogen) atoms. The number of nitrogens with zero attached hydrogens (tertiary/aromatic N) is 1. The van der Waals surface area contributed by atoms with Crippen molar-refractivity contribution in [1.29, 1.82) is 0 Å². The van der Waals surface area contributed by atoms with Gasteiger partial charge in [0.25, 0.3) is 0 Å². The van der Waals surface area contributed by atoms with Gasteiger partial charge in [-0.1, -0.05) is 13.8 Å². The first-order chi connectivity index (χ1) is 5.61. The Morgan fingerprint density at radius 2 is 1.92 bits per heavy atom. The lowest BCUT2D eigenvalue weighted by Crippen LogP contribution is -2.40. The van der Waals surface area contributed by atoms with Crippen molar-refractivity contribution in [3.63, 3.8) is 0 Å². The van der Waals surface area contributed by atoms with Gasteiger partial charge in [0.2, 0.25) is 5.91 Å². The second-order valence-electron chi connectivity index (χ2n) is 3.55. The topological polar surface area (TPSA) is 40.5 Å². The van der Waals surface area contributed by atoms with Crippen molar-refractivity contribution in [3.8, 4) is 0 Å². The third-order valence-corrected chi connectivity index (χ3v) is 2.15. The number of amides is 1. The standard InChI is InChI=1S/C9H16NO2/c1-7(2)9(12)10-5-3-8(11)4-6-10/h7,11H,3-6H2,1-2H3. The number of carbonyl (C=O) groups excluding carboxylic acids is 1. The number of carbonyl (C=O) groups is 1. The van der Waals surface area contributed by atoms with E-state index in [9.17, 15) is 4.79 Å². The summed E-state index contributed by atoms with van der Waals surface area (Å²) >= 11 is 0. The summed E-state index contributed by atoms with van der Waals surface area (Å²) in [5.41, 5.74) is 0. The van der Waals surface area contributed by atoms with E-state index in [1.165, 1.54) is 0 Å².